The van der Waals surface area contributed by atoms with Crippen LogP contribution >= 0.6 is 0 Å². The first kappa shape index (κ1) is 17.5. The van der Waals surface area contributed by atoms with Gasteiger partial charge >= 0.3 is 11.9 Å². The Morgan fingerprint density at radius 3 is 2.27 bits per heavy atom. The quantitative estimate of drug-likeness (QED) is 0.576. The maximum absolute atomic E-state index is 11.3. The normalized spacial score (nSPS) is 12.1. The van der Waals surface area contributed by atoms with E-state index in [2.05, 4.69) is 5.32 Å². The molecule has 0 fully saturated rings. The summed E-state index contributed by atoms with van der Waals surface area (Å²) in [7, 11) is 0. The van der Waals surface area contributed by atoms with E-state index in [1.54, 1.807) is 19.1 Å². The van der Waals surface area contributed by atoms with Crippen LogP contribution in [0.25, 0.3) is 0 Å². The molecule has 6 heteroatoms. The zero-order valence-corrected chi connectivity index (χ0v) is 12.5. The summed E-state index contributed by atoms with van der Waals surface area (Å²) in [4.78, 5) is 22.4. The van der Waals surface area contributed by atoms with Gasteiger partial charge in [-0.15, -0.1) is 0 Å². The van der Waals surface area contributed by atoms with Crippen LogP contribution in [0.5, 0.6) is 0 Å². The van der Waals surface area contributed by atoms with Gasteiger partial charge in [-0.2, -0.15) is 0 Å². The van der Waals surface area contributed by atoms with Crippen LogP contribution in [-0.2, 0) is 0 Å². The number of aliphatic hydroxyl groups is 1. The van der Waals surface area contributed by atoms with Crippen molar-refractivity contribution in [3.63, 3.8) is 0 Å². The number of hydrogen-bond donors (Lipinski definition) is 4. The standard InChI is InChI=1S/C16H19NO5/c1-10(6-7-11(2)9-18)8-17-13-5-3-4-12(15(19)20)14(13)16(21)22/h3-7,17-18H,8-9H2,1-2H3,(H,19,20)(H,21,22)/b10-6+,11-7+. The summed E-state index contributed by atoms with van der Waals surface area (Å²) in [6.07, 6.45) is 3.57. The number of benzene rings is 1. The van der Waals surface area contributed by atoms with Crippen molar-refractivity contribution < 1.29 is 24.9 Å². The Kier molecular flexibility index (Phi) is 6.34. The molecule has 118 valence electrons. The summed E-state index contributed by atoms with van der Waals surface area (Å²) in [5.74, 6) is -2.58. The van der Waals surface area contributed by atoms with E-state index in [4.69, 9.17) is 10.2 Å². The van der Waals surface area contributed by atoms with Crippen LogP contribution < -0.4 is 5.32 Å². The second-order valence-electron chi connectivity index (χ2n) is 4.88. The molecule has 22 heavy (non-hydrogen) atoms. The van der Waals surface area contributed by atoms with E-state index in [9.17, 15) is 14.7 Å². The number of anilines is 1. The maximum Gasteiger partial charge on any atom is 0.338 e. The number of carboxylic acids is 2. The smallest absolute Gasteiger partial charge is 0.338 e. The van der Waals surface area contributed by atoms with Gasteiger partial charge < -0.3 is 20.6 Å². The molecule has 0 spiro atoms. The van der Waals surface area contributed by atoms with Gasteiger partial charge in [-0.05, 0) is 31.6 Å². The highest BCUT2D eigenvalue weighted by atomic mass is 16.4. The van der Waals surface area contributed by atoms with Gasteiger partial charge in [0.05, 0.1) is 17.7 Å². The van der Waals surface area contributed by atoms with Crippen molar-refractivity contribution in [1.82, 2.24) is 0 Å². The summed E-state index contributed by atoms with van der Waals surface area (Å²) in [5, 5.41) is 30.1. The first-order chi connectivity index (χ1) is 10.4. The predicted octanol–water partition coefficient (Wildman–Crippen LogP) is 2.38. The molecule has 0 saturated carbocycles. The summed E-state index contributed by atoms with van der Waals surface area (Å²) in [5.41, 5.74) is 1.45. The van der Waals surface area contributed by atoms with Crippen molar-refractivity contribution in [2.75, 3.05) is 18.5 Å². The molecule has 1 aromatic rings. The third kappa shape index (κ3) is 4.75. The van der Waals surface area contributed by atoms with Gasteiger partial charge in [-0.1, -0.05) is 23.8 Å². The molecule has 1 rings (SSSR count). The van der Waals surface area contributed by atoms with Gasteiger partial charge in [0.15, 0.2) is 0 Å². The third-order valence-electron chi connectivity index (χ3n) is 2.97. The molecule has 0 unspecified atom stereocenters. The van der Waals surface area contributed by atoms with E-state index >= 15 is 0 Å². The van der Waals surface area contributed by atoms with Crippen molar-refractivity contribution >= 4 is 17.6 Å². The highest BCUT2D eigenvalue weighted by molar-refractivity contribution is 6.05. The van der Waals surface area contributed by atoms with E-state index in [0.717, 1.165) is 11.1 Å². The van der Waals surface area contributed by atoms with Gasteiger partial charge in [-0.3, -0.25) is 0 Å². The molecule has 0 aliphatic carbocycles. The first-order valence-electron chi connectivity index (χ1n) is 6.64. The zero-order chi connectivity index (χ0) is 16.7. The van der Waals surface area contributed by atoms with Crippen LogP contribution in [0.1, 0.15) is 34.6 Å². The molecule has 0 aromatic heterocycles. The van der Waals surface area contributed by atoms with Crippen LogP contribution in [-0.4, -0.2) is 40.4 Å². The second kappa shape index (κ2) is 7.99. The molecule has 0 aliphatic rings. The number of carbonyl (C=O) groups is 2. The Labute approximate surface area is 128 Å². The number of carboxylic acid groups (broad SMARTS) is 2. The average molecular weight is 305 g/mol. The topological polar surface area (TPSA) is 107 Å². The lowest BCUT2D eigenvalue weighted by Crippen LogP contribution is -2.13. The van der Waals surface area contributed by atoms with E-state index in [-0.39, 0.29) is 23.4 Å². The number of hydrogen-bond acceptors (Lipinski definition) is 4. The summed E-state index contributed by atoms with van der Waals surface area (Å²) in [6, 6.07) is 4.28. The Hall–Kier alpha value is -2.60. The van der Waals surface area contributed by atoms with Gasteiger partial charge in [0.2, 0.25) is 0 Å². The highest BCUT2D eigenvalue weighted by Gasteiger charge is 2.19. The largest absolute Gasteiger partial charge is 0.478 e. The average Bonchev–Trinajstić information content (AvgIpc) is 2.49. The van der Waals surface area contributed by atoms with Crippen molar-refractivity contribution in [1.29, 1.82) is 0 Å². The minimum Gasteiger partial charge on any atom is -0.478 e. The fraction of sp³-hybridized carbons (Fsp3) is 0.250. The molecule has 0 radical (unpaired) electrons. The number of aliphatic hydroxyl groups excluding tert-OH is 1. The lowest BCUT2D eigenvalue weighted by atomic mass is 10.1. The van der Waals surface area contributed by atoms with E-state index in [0.29, 0.717) is 6.54 Å². The fourth-order valence-electron chi connectivity index (χ4n) is 1.74. The first-order valence-corrected chi connectivity index (χ1v) is 6.64. The Balaban J connectivity index is 2.97. The fourth-order valence-corrected chi connectivity index (χ4v) is 1.74. The Morgan fingerprint density at radius 1 is 1.09 bits per heavy atom. The summed E-state index contributed by atoms with van der Waals surface area (Å²) in [6.45, 7) is 3.96. The van der Waals surface area contributed by atoms with Crippen LogP contribution in [0, 0.1) is 0 Å². The molecular weight excluding hydrogens is 286 g/mol. The van der Waals surface area contributed by atoms with E-state index in [1.807, 2.05) is 6.92 Å². The van der Waals surface area contributed by atoms with Gasteiger partial charge in [0.25, 0.3) is 0 Å². The summed E-state index contributed by atoms with van der Waals surface area (Å²) >= 11 is 0. The minimum atomic E-state index is -1.29. The van der Waals surface area contributed by atoms with Gasteiger partial charge in [0.1, 0.15) is 0 Å². The predicted molar refractivity (Wildman–Crippen MR) is 83.5 cm³/mol. The number of allylic oxidation sites excluding steroid dienone is 2. The van der Waals surface area contributed by atoms with Crippen LogP contribution in [0.2, 0.25) is 0 Å². The molecule has 0 bridgehead atoms. The highest BCUT2D eigenvalue weighted by Crippen LogP contribution is 2.20. The molecule has 0 aliphatic heterocycles. The van der Waals surface area contributed by atoms with Crippen LogP contribution in [0.15, 0.2) is 41.5 Å². The molecular formula is C16H19NO5. The van der Waals surface area contributed by atoms with E-state index in [1.165, 1.54) is 18.2 Å². The molecule has 0 heterocycles. The summed E-state index contributed by atoms with van der Waals surface area (Å²) < 4.78 is 0. The second-order valence-corrected chi connectivity index (χ2v) is 4.88. The minimum absolute atomic E-state index is 0.0268. The molecule has 0 saturated heterocycles. The number of aromatic carboxylic acids is 2. The SMILES string of the molecule is C/C(=C\C=C(/C)CNc1cccc(C(=O)O)c1C(=O)O)CO. The van der Waals surface area contributed by atoms with E-state index < -0.39 is 11.9 Å². The maximum atomic E-state index is 11.3. The van der Waals surface area contributed by atoms with Crippen LogP contribution in [0.3, 0.4) is 0 Å². The monoisotopic (exact) mass is 305 g/mol. The molecule has 0 amide bonds. The Bertz CT molecular complexity index is 631. The Morgan fingerprint density at radius 2 is 1.73 bits per heavy atom. The molecule has 1 aromatic carbocycles. The zero-order valence-electron chi connectivity index (χ0n) is 12.5. The third-order valence-corrected chi connectivity index (χ3v) is 2.97. The van der Waals surface area contributed by atoms with Crippen LogP contribution in [0.4, 0.5) is 5.69 Å². The molecule has 4 N–H and O–H groups in total. The molecule has 0 atom stereocenters. The lowest BCUT2D eigenvalue weighted by Gasteiger charge is -2.11. The van der Waals surface area contributed by atoms with Crippen molar-refractivity contribution in [3.05, 3.63) is 52.6 Å². The van der Waals surface area contributed by atoms with Gasteiger partial charge in [-0.25, -0.2) is 9.59 Å². The molecule has 6 nitrogen and oxygen atoms in total. The number of rotatable bonds is 7. The number of nitrogens with one attached hydrogen (secondary N) is 1. The van der Waals surface area contributed by atoms with Crippen molar-refractivity contribution in [2.45, 2.75) is 13.8 Å². The van der Waals surface area contributed by atoms with Crippen molar-refractivity contribution in [2.24, 2.45) is 0 Å². The van der Waals surface area contributed by atoms with Gasteiger partial charge in [0, 0.05) is 12.2 Å². The lowest BCUT2D eigenvalue weighted by molar-refractivity contribution is 0.0652. The van der Waals surface area contributed by atoms with Crippen molar-refractivity contribution in [3.8, 4) is 0 Å².